The Bertz CT molecular complexity index is 1150. The van der Waals surface area contributed by atoms with Gasteiger partial charge in [0.1, 0.15) is 17.3 Å². The Labute approximate surface area is 175 Å². The molecule has 3 heterocycles. The number of hydrogen-bond acceptors (Lipinski definition) is 7. The zero-order valence-corrected chi connectivity index (χ0v) is 16.4. The molecular formula is C20H18F3N7O. The Kier molecular flexibility index (Phi) is 5.10. The summed E-state index contributed by atoms with van der Waals surface area (Å²) < 4.78 is 40.3. The predicted octanol–water partition coefficient (Wildman–Crippen LogP) is 3.47. The summed E-state index contributed by atoms with van der Waals surface area (Å²) in [6, 6.07) is 7.38. The first-order chi connectivity index (χ1) is 14.6. The maximum Gasteiger partial charge on any atom is 0.416 e. The normalized spacial score (nSPS) is 20.7. The number of aromatic nitrogens is 5. The fourth-order valence-corrected chi connectivity index (χ4v) is 3.54. The summed E-state index contributed by atoms with van der Waals surface area (Å²) >= 11 is 0. The molecule has 31 heavy (non-hydrogen) atoms. The van der Waals surface area contributed by atoms with Gasteiger partial charge >= 0.3 is 6.18 Å². The van der Waals surface area contributed by atoms with Crippen LogP contribution in [0.15, 0.2) is 36.7 Å². The largest absolute Gasteiger partial charge is 0.416 e. The van der Waals surface area contributed by atoms with Crippen molar-refractivity contribution in [3.8, 4) is 17.5 Å². The number of nitriles is 1. The summed E-state index contributed by atoms with van der Waals surface area (Å²) in [7, 11) is 0. The van der Waals surface area contributed by atoms with Gasteiger partial charge in [-0.15, -0.1) is 5.10 Å². The van der Waals surface area contributed by atoms with E-state index >= 15 is 0 Å². The monoisotopic (exact) mass is 429 g/mol. The van der Waals surface area contributed by atoms with Crippen LogP contribution in [0.25, 0.3) is 11.4 Å². The van der Waals surface area contributed by atoms with Gasteiger partial charge in [0.15, 0.2) is 0 Å². The summed E-state index contributed by atoms with van der Waals surface area (Å²) in [5, 5.41) is 30.2. The van der Waals surface area contributed by atoms with E-state index in [1.165, 1.54) is 4.68 Å². The van der Waals surface area contributed by atoms with Crippen molar-refractivity contribution in [3.63, 3.8) is 0 Å². The number of alkyl halides is 3. The lowest BCUT2D eigenvalue weighted by molar-refractivity contribution is -0.137. The summed E-state index contributed by atoms with van der Waals surface area (Å²) in [5.74, 6) is 0.178. The first kappa shape index (κ1) is 20.7. The molecule has 1 aliphatic carbocycles. The zero-order chi connectivity index (χ0) is 22.2. The first-order valence-corrected chi connectivity index (χ1v) is 9.45. The molecule has 1 fully saturated rings. The van der Waals surface area contributed by atoms with Gasteiger partial charge in [0, 0.05) is 6.20 Å². The van der Waals surface area contributed by atoms with E-state index in [4.69, 9.17) is 5.26 Å². The molecule has 160 valence electrons. The number of aliphatic hydroxyl groups is 1. The maximum atomic E-state index is 12.9. The van der Waals surface area contributed by atoms with Gasteiger partial charge in [0.05, 0.1) is 41.6 Å². The molecule has 0 saturated heterocycles. The number of halogens is 3. The third kappa shape index (κ3) is 4.64. The average Bonchev–Trinajstić information content (AvgIpc) is 3.13. The molecule has 0 bridgehead atoms. The number of pyridine rings is 2. The van der Waals surface area contributed by atoms with Crippen molar-refractivity contribution in [3.05, 3.63) is 47.8 Å². The highest BCUT2D eigenvalue weighted by Crippen LogP contribution is 2.38. The van der Waals surface area contributed by atoms with Crippen molar-refractivity contribution in [2.75, 3.05) is 5.32 Å². The molecular weight excluding hydrogens is 411 g/mol. The van der Waals surface area contributed by atoms with Crippen molar-refractivity contribution in [1.29, 1.82) is 5.26 Å². The van der Waals surface area contributed by atoms with Gasteiger partial charge in [-0.2, -0.15) is 18.4 Å². The third-order valence-corrected chi connectivity index (χ3v) is 5.01. The molecule has 0 radical (unpaired) electrons. The van der Waals surface area contributed by atoms with Gasteiger partial charge in [-0.25, -0.2) is 14.6 Å². The van der Waals surface area contributed by atoms with E-state index in [2.05, 4.69) is 31.7 Å². The average molecular weight is 429 g/mol. The lowest BCUT2D eigenvalue weighted by Gasteiger charge is -2.39. The highest BCUT2D eigenvalue weighted by atomic mass is 19.4. The van der Waals surface area contributed by atoms with Crippen LogP contribution in [0.4, 0.5) is 24.8 Å². The van der Waals surface area contributed by atoms with Gasteiger partial charge < -0.3 is 10.4 Å². The van der Waals surface area contributed by atoms with Crippen molar-refractivity contribution < 1.29 is 18.3 Å². The Morgan fingerprint density at radius 1 is 1.26 bits per heavy atom. The van der Waals surface area contributed by atoms with Gasteiger partial charge in [-0.1, -0.05) is 5.21 Å². The van der Waals surface area contributed by atoms with E-state index in [1.807, 2.05) is 6.92 Å². The van der Waals surface area contributed by atoms with Crippen LogP contribution >= 0.6 is 0 Å². The zero-order valence-electron chi connectivity index (χ0n) is 16.4. The standard InChI is InChI=1S/C20H18F3N7O/c1-12-4-15(16-10-30(29-28-16)11-19(31)7-13(8-19)9-24)26-18(5-12)27-17-6-14(2-3-25-17)20(21,22)23/h2-6,10,13,31H,7-8,11H2,1H3,(H,25,26,27)/t13-,19-. The molecule has 0 amide bonds. The highest BCUT2D eigenvalue weighted by Gasteiger charge is 2.43. The number of anilines is 2. The smallest absolute Gasteiger partial charge is 0.388 e. The number of nitrogens with one attached hydrogen (secondary N) is 1. The maximum absolute atomic E-state index is 12.9. The van der Waals surface area contributed by atoms with Crippen molar-refractivity contribution in [2.45, 2.75) is 38.1 Å². The van der Waals surface area contributed by atoms with E-state index in [0.29, 0.717) is 30.0 Å². The van der Waals surface area contributed by atoms with Gasteiger partial charge in [0.2, 0.25) is 0 Å². The van der Waals surface area contributed by atoms with Crippen molar-refractivity contribution in [2.24, 2.45) is 5.92 Å². The minimum absolute atomic E-state index is 0.0155. The molecule has 0 spiro atoms. The lowest BCUT2D eigenvalue weighted by atomic mass is 9.72. The number of rotatable bonds is 5. The fraction of sp³-hybridized carbons (Fsp3) is 0.350. The number of aryl methyl sites for hydroxylation is 1. The molecule has 0 aliphatic heterocycles. The molecule has 0 atom stereocenters. The third-order valence-electron chi connectivity index (χ3n) is 5.01. The molecule has 4 rings (SSSR count). The Morgan fingerprint density at radius 2 is 2.03 bits per heavy atom. The van der Waals surface area contributed by atoms with Gasteiger partial charge in [0.25, 0.3) is 0 Å². The van der Waals surface area contributed by atoms with Crippen molar-refractivity contribution >= 4 is 11.6 Å². The summed E-state index contributed by atoms with van der Waals surface area (Å²) in [6.45, 7) is 2.03. The predicted molar refractivity (Wildman–Crippen MR) is 104 cm³/mol. The second-order valence-electron chi connectivity index (χ2n) is 7.73. The van der Waals surface area contributed by atoms with Crippen LogP contribution in [0.1, 0.15) is 24.0 Å². The second kappa shape index (κ2) is 7.63. The minimum atomic E-state index is -4.47. The quantitative estimate of drug-likeness (QED) is 0.639. The van der Waals surface area contributed by atoms with Gasteiger partial charge in [-0.05, 0) is 49.6 Å². The Morgan fingerprint density at radius 3 is 2.74 bits per heavy atom. The van der Waals surface area contributed by atoms with Crippen LogP contribution in [0, 0.1) is 24.2 Å². The molecule has 0 aromatic carbocycles. The SMILES string of the molecule is Cc1cc(Nc2cc(C(F)(F)F)ccn2)nc(-c2cn(C[C@]3(O)C[C@H](C#N)C3)nn2)c1. The molecule has 3 aromatic heterocycles. The lowest BCUT2D eigenvalue weighted by Crippen LogP contribution is -2.46. The van der Waals surface area contributed by atoms with Gasteiger partial charge in [-0.3, -0.25) is 0 Å². The van der Waals surface area contributed by atoms with Crippen LogP contribution in [0.5, 0.6) is 0 Å². The van der Waals surface area contributed by atoms with Crippen LogP contribution in [-0.4, -0.2) is 35.7 Å². The van der Waals surface area contributed by atoms with E-state index in [0.717, 1.165) is 23.9 Å². The highest BCUT2D eigenvalue weighted by molar-refractivity contribution is 5.61. The Hall–Kier alpha value is -3.52. The second-order valence-corrected chi connectivity index (χ2v) is 7.73. The van der Waals surface area contributed by atoms with E-state index < -0.39 is 17.3 Å². The van der Waals surface area contributed by atoms with E-state index in [9.17, 15) is 18.3 Å². The summed E-state index contributed by atoms with van der Waals surface area (Å²) in [6.07, 6.45) is -0.985. The summed E-state index contributed by atoms with van der Waals surface area (Å²) in [5.41, 5.74) is -0.0653. The van der Waals surface area contributed by atoms with E-state index in [1.54, 1.807) is 18.3 Å². The van der Waals surface area contributed by atoms with Crippen molar-refractivity contribution in [1.82, 2.24) is 25.0 Å². The fourth-order valence-electron chi connectivity index (χ4n) is 3.54. The molecule has 8 nitrogen and oxygen atoms in total. The molecule has 0 unspecified atom stereocenters. The molecule has 1 saturated carbocycles. The van der Waals surface area contributed by atoms with Crippen LogP contribution in [0.2, 0.25) is 0 Å². The molecule has 1 aliphatic rings. The first-order valence-electron chi connectivity index (χ1n) is 9.45. The minimum Gasteiger partial charge on any atom is -0.388 e. The topological polar surface area (TPSA) is 113 Å². The van der Waals surface area contributed by atoms with Crippen LogP contribution in [0.3, 0.4) is 0 Å². The molecule has 3 aromatic rings. The molecule has 2 N–H and O–H groups in total. The number of nitrogens with zero attached hydrogens (tertiary/aromatic N) is 6. The van der Waals surface area contributed by atoms with E-state index in [-0.39, 0.29) is 18.3 Å². The van der Waals surface area contributed by atoms with Crippen LogP contribution < -0.4 is 5.32 Å². The van der Waals surface area contributed by atoms with Crippen LogP contribution in [-0.2, 0) is 12.7 Å². The number of hydrogen-bond donors (Lipinski definition) is 2. The Balaban J connectivity index is 1.53. The summed E-state index contributed by atoms with van der Waals surface area (Å²) in [4.78, 5) is 8.33. The molecule has 11 heteroatoms.